The predicted octanol–water partition coefficient (Wildman–Crippen LogP) is 7.13. The summed E-state index contributed by atoms with van der Waals surface area (Å²) < 4.78 is 2.11. The number of urea groups is 1. The molecule has 1 atom stereocenters. The van der Waals surface area contributed by atoms with Gasteiger partial charge >= 0.3 is 6.03 Å². The van der Waals surface area contributed by atoms with Gasteiger partial charge < -0.3 is 14.8 Å². The third-order valence-electron chi connectivity index (χ3n) is 6.97. The fourth-order valence-corrected chi connectivity index (χ4v) is 5.30. The number of carbonyl (C=O) groups is 2. The Balaban J connectivity index is 1.52. The SMILES string of the molecule is Cc1ccc(NC(=O)N(CC(=O)N2c3ccccc3-n3cccc3[C@@H]2c2cccc(Cl)c2)C(C)C)c(C)c1. The quantitative estimate of drug-likeness (QED) is 0.301. The Labute approximate surface area is 228 Å². The molecule has 0 unspecified atom stereocenters. The van der Waals surface area contributed by atoms with Gasteiger partial charge in [0.25, 0.3) is 0 Å². The lowest BCUT2D eigenvalue weighted by atomic mass is 9.97. The minimum Gasteiger partial charge on any atom is -0.316 e. The second-order valence-corrected chi connectivity index (χ2v) is 10.4. The first kappa shape index (κ1) is 25.6. The summed E-state index contributed by atoms with van der Waals surface area (Å²) in [5.74, 6) is -0.181. The number of fused-ring (bicyclic) bond motifs is 3. The number of hydrogen-bond donors (Lipinski definition) is 1. The zero-order chi connectivity index (χ0) is 27.0. The molecule has 7 heteroatoms. The summed E-state index contributed by atoms with van der Waals surface area (Å²) in [4.78, 5) is 31.0. The van der Waals surface area contributed by atoms with Gasteiger partial charge in [0.1, 0.15) is 12.6 Å². The minimum atomic E-state index is -0.400. The Hall–Kier alpha value is -4.03. The number of hydrogen-bond acceptors (Lipinski definition) is 2. The van der Waals surface area contributed by atoms with Crippen LogP contribution in [0.25, 0.3) is 5.69 Å². The lowest BCUT2D eigenvalue weighted by Crippen LogP contribution is -2.49. The topological polar surface area (TPSA) is 57.6 Å². The molecular weight excluding hydrogens is 496 g/mol. The number of anilines is 2. The van der Waals surface area contributed by atoms with E-state index in [9.17, 15) is 9.59 Å². The van der Waals surface area contributed by atoms with Crippen molar-refractivity contribution in [3.63, 3.8) is 0 Å². The van der Waals surface area contributed by atoms with Crippen molar-refractivity contribution in [2.24, 2.45) is 0 Å². The third kappa shape index (κ3) is 4.79. The van der Waals surface area contributed by atoms with Crippen LogP contribution < -0.4 is 10.2 Å². The summed E-state index contributed by atoms with van der Waals surface area (Å²) >= 11 is 6.39. The number of aryl methyl sites for hydroxylation is 2. The zero-order valence-corrected chi connectivity index (χ0v) is 22.7. The van der Waals surface area contributed by atoms with Crippen LogP contribution >= 0.6 is 11.6 Å². The van der Waals surface area contributed by atoms with E-state index in [0.29, 0.717) is 5.02 Å². The maximum absolute atomic E-state index is 14.2. The maximum atomic E-state index is 14.2. The van der Waals surface area contributed by atoms with Gasteiger partial charge in [-0.2, -0.15) is 0 Å². The van der Waals surface area contributed by atoms with E-state index in [2.05, 4.69) is 9.88 Å². The molecule has 0 aliphatic carbocycles. The van der Waals surface area contributed by atoms with Gasteiger partial charge in [-0.1, -0.05) is 53.6 Å². The van der Waals surface area contributed by atoms with E-state index in [1.165, 1.54) is 0 Å². The number of carbonyl (C=O) groups excluding carboxylic acids is 2. The monoisotopic (exact) mass is 526 g/mol. The maximum Gasteiger partial charge on any atom is 0.322 e. The molecule has 5 rings (SSSR count). The Kier molecular flexibility index (Phi) is 7.00. The van der Waals surface area contributed by atoms with Crippen molar-refractivity contribution in [2.45, 2.75) is 39.8 Å². The van der Waals surface area contributed by atoms with Gasteiger partial charge in [-0.3, -0.25) is 9.69 Å². The number of amides is 3. The molecular formula is C31H31ClN4O2. The zero-order valence-electron chi connectivity index (χ0n) is 22.0. The predicted molar refractivity (Wildman–Crippen MR) is 153 cm³/mol. The van der Waals surface area contributed by atoms with E-state index in [0.717, 1.165) is 39.4 Å². The molecule has 0 fully saturated rings. The average Bonchev–Trinajstić information content (AvgIpc) is 3.37. The second-order valence-electron chi connectivity index (χ2n) is 9.98. The number of rotatable bonds is 5. The van der Waals surface area contributed by atoms with Gasteiger partial charge in [-0.15, -0.1) is 0 Å². The standard InChI is InChI=1S/C31H31ClN4O2/c1-20(2)35(31(38)33-25-15-14-21(3)17-22(25)4)19-29(37)36-27-12-6-5-11-26(27)34-16-8-13-28(34)30(36)23-9-7-10-24(32)18-23/h5-18,20,30H,19H2,1-4H3,(H,33,38)/t30-/m0/s1. The van der Waals surface area contributed by atoms with Crippen LogP contribution in [0, 0.1) is 13.8 Å². The number of benzene rings is 3. The van der Waals surface area contributed by atoms with Crippen molar-refractivity contribution in [3.05, 3.63) is 112 Å². The van der Waals surface area contributed by atoms with Crippen LogP contribution in [0.15, 0.2) is 85.1 Å². The molecule has 194 valence electrons. The Morgan fingerprint density at radius 1 is 0.947 bits per heavy atom. The normalized spacial score (nSPS) is 14.2. The minimum absolute atomic E-state index is 0.0828. The molecule has 3 amide bonds. The van der Waals surface area contributed by atoms with Crippen molar-refractivity contribution < 1.29 is 9.59 Å². The summed E-state index contributed by atoms with van der Waals surface area (Å²) in [6.07, 6.45) is 2.01. The first-order valence-electron chi connectivity index (χ1n) is 12.7. The van der Waals surface area contributed by atoms with Crippen molar-refractivity contribution in [3.8, 4) is 5.69 Å². The summed E-state index contributed by atoms with van der Waals surface area (Å²) in [5.41, 5.74) is 6.37. The third-order valence-corrected chi connectivity index (χ3v) is 7.20. The fraction of sp³-hybridized carbons (Fsp3) is 0.226. The van der Waals surface area contributed by atoms with E-state index in [1.54, 1.807) is 9.80 Å². The molecule has 6 nitrogen and oxygen atoms in total. The second kappa shape index (κ2) is 10.4. The van der Waals surface area contributed by atoms with Crippen LogP contribution in [0.2, 0.25) is 5.02 Å². The Bertz CT molecular complexity index is 1510. The van der Waals surface area contributed by atoms with Crippen LogP contribution in [0.1, 0.15) is 42.3 Å². The highest BCUT2D eigenvalue weighted by Crippen LogP contribution is 2.42. The molecule has 38 heavy (non-hydrogen) atoms. The lowest BCUT2D eigenvalue weighted by Gasteiger charge is -2.40. The average molecular weight is 527 g/mol. The van der Waals surface area contributed by atoms with Gasteiger partial charge in [0.15, 0.2) is 0 Å². The van der Waals surface area contributed by atoms with Crippen molar-refractivity contribution in [2.75, 3.05) is 16.8 Å². The largest absolute Gasteiger partial charge is 0.322 e. The van der Waals surface area contributed by atoms with Crippen LogP contribution in [0.5, 0.6) is 0 Å². The van der Waals surface area contributed by atoms with Gasteiger partial charge in [-0.25, -0.2) is 4.79 Å². The van der Waals surface area contributed by atoms with Crippen molar-refractivity contribution >= 4 is 34.9 Å². The van der Waals surface area contributed by atoms with Crippen molar-refractivity contribution in [1.82, 2.24) is 9.47 Å². The number of para-hydroxylation sites is 2. The van der Waals surface area contributed by atoms with E-state index in [-0.39, 0.29) is 24.5 Å². The Morgan fingerprint density at radius 2 is 1.71 bits per heavy atom. The van der Waals surface area contributed by atoms with E-state index < -0.39 is 6.04 Å². The van der Waals surface area contributed by atoms with E-state index >= 15 is 0 Å². The summed E-state index contributed by atoms with van der Waals surface area (Å²) in [7, 11) is 0. The van der Waals surface area contributed by atoms with Gasteiger partial charge in [0.2, 0.25) is 5.91 Å². The highest BCUT2D eigenvalue weighted by molar-refractivity contribution is 6.30. The highest BCUT2D eigenvalue weighted by Gasteiger charge is 2.37. The molecule has 3 aromatic carbocycles. The van der Waals surface area contributed by atoms with Crippen molar-refractivity contribution in [1.29, 1.82) is 0 Å². The first-order valence-corrected chi connectivity index (χ1v) is 13.1. The summed E-state index contributed by atoms with van der Waals surface area (Å²) in [6, 6.07) is 24.4. The van der Waals surface area contributed by atoms with Gasteiger partial charge in [0.05, 0.1) is 17.1 Å². The van der Waals surface area contributed by atoms with Crippen LogP contribution in [-0.2, 0) is 4.79 Å². The number of nitrogens with zero attached hydrogens (tertiary/aromatic N) is 3. The molecule has 1 aromatic heterocycles. The van der Waals surface area contributed by atoms with E-state index in [1.807, 2.05) is 113 Å². The van der Waals surface area contributed by atoms with Crippen LogP contribution in [0.3, 0.4) is 0 Å². The van der Waals surface area contributed by atoms with Gasteiger partial charge in [-0.05, 0) is 81.3 Å². The Morgan fingerprint density at radius 3 is 2.42 bits per heavy atom. The molecule has 1 aliphatic rings. The number of nitrogens with one attached hydrogen (secondary N) is 1. The molecule has 1 N–H and O–H groups in total. The molecule has 1 aliphatic heterocycles. The molecule has 0 spiro atoms. The first-order chi connectivity index (χ1) is 18.2. The molecule has 0 bridgehead atoms. The van der Waals surface area contributed by atoms with Gasteiger partial charge in [0, 0.05) is 22.9 Å². The molecule has 0 radical (unpaired) electrons. The highest BCUT2D eigenvalue weighted by atomic mass is 35.5. The lowest BCUT2D eigenvalue weighted by molar-refractivity contribution is -0.119. The molecule has 4 aromatic rings. The molecule has 2 heterocycles. The van der Waals surface area contributed by atoms with Crippen LogP contribution in [-0.4, -0.2) is 34.0 Å². The fourth-order valence-electron chi connectivity index (χ4n) is 5.11. The number of aromatic nitrogens is 1. The van der Waals surface area contributed by atoms with Crippen LogP contribution in [0.4, 0.5) is 16.2 Å². The number of halogens is 1. The molecule has 0 saturated carbocycles. The van der Waals surface area contributed by atoms with E-state index in [4.69, 9.17) is 11.6 Å². The smallest absolute Gasteiger partial charge is 0.316 e. The molecule has 0 saturated heterocycles. The summed E-state index contributed by atoms with van der Waals surface area (Å²) in [6.45, 7) is 7.72. The summed E-state index contributed by atoms with van der Waals surface area (Å²) in [5, 5.41) is 3.60.